The number of aryl methyl sites for hydroxylation is 1. The second-order valence-electron chi connectivity index (χ2n) is 6.78. The zero-order chi connectivity index (χ0) is 17.7. The molecule has 1 aromatic heterocycles. The zero-order valence-corrected chi connectivity index (χ0v) is 14.3. The molecule has 0 bridgehead atoms. The van der Waals surface area contributed by atoms with Gasteiger partial charge in [0.15, 0.2) is 0 Å². The molecule has 6 heteroatoms. The lowest BCUT2D eigenvalue weighted by atomic mass is 10.1. The number of benzene rings is 1. The van der Waals surface area contributed by atoms with Crippen LogP contribution in [0.15, 0.2) is 30.5 Å². The molecule has 0 aliphatic heterocycles. The Balaban J connectivity index is 1.90. The van der Waals surface area contributed by atoms with E-state index < -0.39 is 23.7 Å². The van der Waals surface area contributed by atoms with E-state index in [-0.39, 0.29) is 0 Å². The number of carbonyl (C=O) groups is 2. The summed E-state index contributed by atoms with van der Waals surface area (Å²) in [5.41, 5.74) is 0.419. The minimum absolute atomic E-state index is 0.335. The van der Waals surface area contributed by atoms with Crippen molar-refractivity contribution in [3.8, 4) is 0 Å². The third-order valence-corrected chi connectivity index (χ3v) is 3.60. The molecule has 1 amide bonds. The number of carboxylic acids is 1. The molecule has 1 atom stereocenters. The van der Waals surface area contributed by atoms with Gasteiger partial charge in [-0.1, -0.05) is 24.3 Å². The van der Waals surface area contributed by atoms with Crippen molar-refractivity contribution in [3.63, 3.8) is 0 Å². The number of H-pyrrole nitrogens is 1. The first-order valence-electron chi connectivity index (χ1n) is 8.03. The van der Waals surface area contributed by atoms with Crippen molar-refractivity contribution in [2.45, 2.75) is 51.7 Å². The number of alkyl carbamates (subject to hydrolysis) is 1. The second-order valence-corrected chi connectivity index (χ2v) is 6.78. The van der Waals surface area contributed by atoms with Crippen molar-refractivity contribution >= 4 is 22.8 Å². The van der Waals surface area contributed by atoms with Crippen molar-refractivity contribution < 1.29 is 19.4 Å². The lowest BCUT2D eigenvalue weighted by Gasteiger charge is -2.22. The Labute approximate surface area is 141 Å². The van der Waals surface area contributed by atoms with E-state index in [1.54, 1.807) is 20.8 Å². The lowest BCUT2D eigenvalue weighted by Crippen LogP contribution is -2.43. The van der Waals surface area contributed by atoms with Gasteiger partial charge < -0.3 is 20.1 Å². The maximum Gasteiger partial charge on any atom is 0.408 e. The molecule has 3 N–H and O–H groups in total. The predicted octanol–water partition coefficient (Wildman–Crippen LogP) is 3.47. The van der Waals surface area contributed by atoms with Gasteiger partial charge in [-0.3, -0.25) is 0 Å². The molecule has 130 valence electrons. The largest absolute Gasteiger partial charge is 0.480 e. The summed E-state index contributed by atoms with van der Waals surface area (Å²) in [6, 6.07) is 7.06. The number of hydrogen-bond acceptors (Lipinski definition) is 3. The van der Waals surface area contributed by atoms with Gasteiger partial charge in [0, 0.05) is 17.3 Å². The molecule has 0 spiro atoms. The molecule has 0 radical (unpaired) electrons. The summed E-state index contributed by atoms with van der Waals surface area (Å²) in [4.78, 5) is 26.3. The monoisotopic (exact) mass is 332 g/mol. The molecule has 1 unspecified atom stereocenters. The maximum atomic E-state index is 11.7. The molecule has 1 aromatic carbocycles. The minimum atomic E-state index is -1.06. The number of amides is 1. The van der Waals surface area contributed by atoms with Gasteiger partial charge in [-0.15, -0.1) is 0 Å². The Bertz CT molecular complexity index is 715. The summed E-state index contributed by atoms with van der Waals surface area (Å²) >= 11 is 0. The van der Waals surface area contributed by atoms with Gasteiger partial charge in [0.05, 0.1) is 0 Å². The quantitative estimate of drug-likeness (QED) is 0.755. The number of hydrogen-bond donors (Lipinski definition) is 3. The summed E-state index contributed by atoms with van der Waals surface area (Å²) in [5, 5.41) is 14.0. The van der Waals surface area contributed by atoms with Crippen LogP contribution in [0.1, 0.15) is 39.3 Å². The molecule has 0 saturated carbocycles. The van der Waals surface area contributed by atoms with Crippen LogP contribution in [0, 0.1) is 0 Å². The van der Waals surface area contributed by atoms with Crippen LogP contribution in [0.3, 0.4) is 0 Å². The smallest absolute Gasteiger partial charge is 0.408 e. The molecular formula is C18H24N2O4. The van der Waals surface area contributed by atoms with Crippen LogP contribution in [-0.2, 0) is 16.0 Å². The SMILES string of the molecule is CC(C)(C)OC(=O)NC(CCCc1[nH]cc2ccccc12)C(=O)O. The fourth-order valence-corrected chi connectivity index (χ4v) is 2.54. The first-order valence-corrected chi connectivity index (χ1v) is 8.03. The summed E-state index contributed by atoms with van der Waals surface area (Å²) in [7, 11) is 0. The average molecular weight is 332 g/mol. The van der Waals surface area contributed by atoms with E-state index in [1.165, 1.54) is 0 Å². The molecule has 2 aromatic rings. The van der Waals surface area contributed by atoms with Crippen molar-refractivity contribution in [1.29, 1.82) is 0 Å². The number of rotatable bonds is 6. The van der Waals surface area contributed by atoms with Gasteiger partial charge >= 0.3 is 12.1 Å². The van der Waals surface area contributed by atoms with Crippen LogP contribution < -0.4 is 5.32 Å². The van der Waals surface area contributed by atoms with Gasteiger partial charge in [0.2, 0.25) is 0 Å². The van der Waals surface area contributed by atoms with E-state index in [1.807, 2.05) is 30.5 Å². The van der Waals surface area contributed by atoms with Gasteiger partial charge in [-0.2, -0.15) is 0 Å². The summed E-state index contributed by atoms with van der Waals surface area (Å²) in [5.74, 6) is -1.06. The Hall–Kier alpha value is -2.50. The van der Waals surface area contributed by atoms with Gasteiger partial charge in [-0.05, 0) is 45.4 Å². The van der Waals surface area contributed by atoms with Crippen LogP contribution in [0.2, 0.25) is 0 Å². The topological polar surface area (TPSA) is 91.4 Å². The van der Waals surface area contributed by atoms with Gasteiger partial charge in [0.1, 0.15) is 11.6 Å². The first-order chi connectivity index (χ1) is 11.3. The Morgan fingerprint density at radius 2 is 2.00 bits per heavy atom. The number of nitrogens with one attached hydrogen (secondary N) is 2. The fraction of sp³-hybridized carbons (Fsp3) is 0.444. The average Bonchev–Trinajstić information content (AvgIpc) is 2.87. The highest BCUT2D eigenvalue weighted by Crippen LogP contribution is 2.19. The summed E-state index contributed by atoms with van der Waals surface area (Å²) < 4.78 is 5.11. The molecule has 6 nitrogen and oxygen atoms in total. The van der Waals surface area contributed by atoms with Crippen molar-refractivity contribution in [2.24, 2.45) is 0 Å². The lowest BCUT2D eigenvalue weighted by molar-refractivity contribution is -0.139. The van der Waals surface area contributed by atoms with E-state index in [0.717, 1.165) is 16.5 Å². The molecule has 0 fully saturated rings. The number of aromatic amines is 1. The third kappa shape index (κ3) is 5.01. The molecule has 24 heavy (non-hydrogen) atoms. The summed E-state index contributed by atoms with van der Waals surface area (Å²) in [6.45, 7) is 5.20. The second kappa shape index (κ2) is 7.38. The highest BCUT2D eigenvalue weighted by molar-refractivity contribution is 5.85. The molecule has 0 saturated heterocycles. The van der Waals surface area contributed by atoms with Crippen LogP contribution >= 0.6 is 0 Å². The van der Waals surface area contributed by atoms with Crippen molar-refractivity contribution in [2.75, 3.05) is 0 Å². The fourth-order valence-electron chi connectivity index (χ4n) is 2.54. The number of ether oxygens (including phenoxy) is 1. The van der Waals surface area contributed by atoms with Crippen LogP contribution in [0.4, 0.5) is 4.79 Å². The number of fused-ring (bicyclic) bond motifs is 1. The first kappa shape index (κ1) is 17.8. The standard InChI is InChI=1S/C18H24N2O4/c1-18(2,3)24-17(23)20-15(16(21)22)10-6-9-14-13-8-5-4-7-12(13)11-19-14/h4-5,7-8,11,15,19H,6,9-10H2,1-3H3,(H,20,23)(H,21,22). The molecular weight excluding hydrogens is 308 g/mol. The van der Waals surface area contributed by atoms with Crippen LogP contribution in [-0.4, -0.2) is 33.8 Å². The molecule has 1 heterocycles. The zero-order valence-electron chi connectivity index (χ0n) is 14.3. The highest BCUT2D eigenvalue weighted by atomic mass is 16.6. The molecule has 2 rings (SSSR count). The van der Waals surface area contributed by atoms with E-state index in [9.17, 15) is 14.7 Å². The van der Waals surface area contributed by atoms with E-state index in [0.29, 0.717) is 19.3 Å². The highest BCUT2D eigenvalue weighted by Gasteiger charge is 2.23. The van der Waals surface area contributed by atoms with E-state index >= 15 is 0 Å². The van der Waals surface area contributed by atoms with Crippen LogP contribution in [0.25, 0.3) is 10.8 Å². The normalized spacial score (nSPS) is 12.8. The minimum Gasteiger partial charge on any atom is -0.480 e. The van der Waals surface area contributed by atoms with Gasteiger partial charge in [0.25, 0.3) is 0 Å². The van der Waals surface area contributed by atoms with Crippen molar-refractivity contribution in [3.05, 3.63) is 36.2 Å². The molecule has 0 aliphatic rings. The summed E-state index contributed by atoms with van der Waals surface area (Å²) in [6.07, 6.45) is 2.92. The maximum absolute atomic E-state index is 11.7. The van der Waals surface area contributed by atoms with E-state index in [4.69, 9.17) is 4.74 Å². The molecule has 0 aliphatic carbocycles. The number of carbonyl (C=O) groups excluding carboxylic acids is 1. The van der Waals surface area contributed by atoms with Crippen molar-refractivity contribution in [1.82, 2.24) is 10.3 Å². The number of carboxylic acid groups (broad SMARTS) is 1. The predicted molar refractivity (Wildman–Crippen MR) is 92.0 cm³/mol. The number of aromatic nitrogens is 1. The third-order valence-electron chi connectivity index (χ3n) is 3.60. The number of aliphatic carboxylic acids is 1. The Morgan fingerprint density at radius 1 is 1.29 bits per heavy atom. The Kier molecular flexibility index (Phi) is 5.49. The Morgan fingerprint density at radius 3 is 2.67 bits per heavy atom. The van der Waals surface area contributed by atoms with Gasteiger partial charge in [-0.25, -0.2) is 9.59 Å². The van der Waals surface area contributed by atoms with Crippen LogP contribution in [0.5, 0.6) is 0 Å². The van der Waals surface area contributed by atoms with E-state index in [2.05, 4.69) is 10.3 Å².